The number of aliphatic imine (C=N–C) groups is 1. The summed E-state index contributed by atoms with van der Waals surface area (Å²) in [5.41, 5.74) is 3.89. The van der Waals surface area contributed by atoms with Gasteiger partial charge in [0.15, 0.2) is 5.96 Å². The van der Waals surface area contributed by atoms with Crippen molar-refractivity contribution in [2.45, 2.75) is 33.2 Å². The third-order valence-electron chi connectivity index (χ3n) is 5.50. The topological polar surface area (TPSA) is 58.3 Å². The maximum absolute atomic E-state index is 4.88. The fraction of sp³-hybridized carbons (Fsp3) is 0.320. The van der Waals surface area contributed by atoms with E-state index in [1.165, 1.54) is 11.1 Å². The van der Waals surface area contributed by atoms with Gasteiger partial charge < -0.3 is 10.2 Å². The smallest absolute Gasteiger partial charge is 0.194 e. The van der Waals surface area contributed by atoms with Crippen LogP contribution in [0.25, 0.3) is 11.9 Å². The molecule has 1 saturated heterocycles. The summed E-state index contributed by atoms with van der Waals surface area (Å²) in [5, 5.41) is 3.45. The van der Waals surface area contributed by atoms with Gasteiger partial charge in [-0.15, -0.1) is 0 Å². The highest BCUT2D eigenvalue weighted by Gasteiger charge is 2.17. The Labute approximate surface area is 184 Å². The van der Waals surface area contributed by atoms with E-state index in [4.69, 9.17) is 4.99 Å². The number of pyridine rings is 1. The Balaban J connectivity index is 1.38. The number of imidazole rings is 1. The maximum Gasteiger partial charge on any atom is 0.194 e. The molecule has 160 valence electrons. The fourth-order valence-electron chi connectivity index (χ4n) is 3.80. The summed E-state index contributed by atoms with van der Waals surface area (Å²) in [6.07, 6.45) is 10.1. The van der Waals surface area contributed by atoms with Gasteiger partial charge in [-0.3, -0.25) is 4.57 Å². The van der Waals surface area contributed by atoms with Gasteiger partial charge in [0, 0.05) is 38.2 Å². The lowest BCUT2D eigenvalue weighted by Gasteiger charge is -2.31. The minimum Gasteiger partial charge on any atom is -0.357 e. The Morgan fingerprint density at radius 2 is 1.90 bits per heavy atom. The third-order valence-corrected chi connectivity index (χ3v) is 5.50. The molecule has 0 spiro atoms. The average Bonchev–Trinajstić information content (AvgIpc) is 3.24. The zero-order chi connectivity index (χ0) is 21.5. The van der Waals surface area contributed by atoms with Crippen LogP contribution < -0.4 is 5.32 Å². The van der Waals surface area contributed by atoms with Crippen LogP contribution in [0.5, 0.6) is 0 Å². The Hall–Kier alpha value is -3.41. The highest BCUT2D eigenvalue weighted by atomic mass is 15.3. The summed E-state index contributed by atoms with van der Waals surface area (Å²) in [5.74, 6) is 2.79. The van der Waals surface area contributed by atoms with Crippen LogP contribution in [0.1, 0.15) is 36.7 Å². The molecule has 6 heteroatoms. The number of nitrogens with one attached hydrogen (secondary N) is 1. The van der Waals surface area contributed by atoms with Crippen LogP contribution in [0, 0.1) is 6.92 Å². The van der Waals surface area contributed by atoms with Crippen molar-refractivity contribution in [1.82, 2.24) is 24.8 Å². The van der Waals surface area contributed by atoms with Crippen LogP contribution in [-0.2, 0) is 6.54 Å². The predicted molar refractivity (Wildman–Crippen MR) is 126 cm³/mol. The van der Waals surface area contributed by atoms with Gasteiger partial charge >= 0.3 is 0 Å². The van der Waals surface area contributed by atoms with E-state index in [1.54, 1.807) is 6.20 Å². The molecule has 3 aromatic rings. The number of piperidine rings is 1. The molecule has 0 atom stereocenters. The second kappa shape index (κ2) is 10.1. The number of hydrogen-bond donors (Lipinski definition) is 1. The van der Waals surface area contributed by atoms with Gasteiger partial charge in [-0.05, 0) is 43.9 Å². The molecule has 0 saturated carbocycles. The summed E-state index contributed by atoms with van der Waals surface area (Å²) in [6, 6.07) is 14.7. The number of rotatable bonds is 5. The van der Waals surface area contributed by atoms with Crippen LogP contribution in [0.15, 0.2) is 71.6 Å². The monoisotopic (exact) mass is 414 g/mol. The molecule has 6 nitrogen and oxygen atoms in total. The molecule has 0 radical (unpaired) electrons. The first-order valence-electron chi connectivity index (χ1n) is 11.0. The van der Waals surface area contributed by atoms with E-state index in [-0.39, 0.29) is 0 Å². The minimum absolute atomic E-state index is 0.613. The first kappa shape index (κ1) is 20.8. The molecule has 31 heavy (non-hydrogen) atoms. The van der Waals surface area contributed by atoms with Gasteiger partial charge in [0.25, 0.3) is 0 Å². The van der Waals surface area contributed by atoms with Gasteiger partial charge in [-0.2, -0.15) is 0 Å². The Bertz CT molecular complexity index is 1020. The van der Waals surface area contributed by atoms with Crippen LogP contribution in [0.4, 0.5) is 0 Å². The van der Waals surface area contributed by atoms with Crippen molar-refractivity contribution >= 4 is 12.0 Å². The second-order valence-corrected chi connectivity index (χ2v) is 7.74. The summed E-state index contributed by atoms with van der Waals surface area (Å²) < 4.78 is 1.98. The van der Waals surface area contributed by atoms with Gasteiger partial charge in [0.05, 0.1) is 6.54 Å². The highest BCUT2D eigenvalue weighted by Crippen LogP contribution is 2.19. The van der Waals surface area contributed by atoms with Crippen molar-refractivity contribution in [3.8, 4) is 5.82 Å². The zero-order valence-electron chi connectivity index (χ0n) is 18.3. The number of benzene rings is 1. The van der Waals surface area contributed by atoms with E-state index in [0.29, 0.717) is 6.54 Å². The van der Waals surface area contributed by atoms with Crippen LogP contribution in [0.2, 0.25) is 0 Å². The van der Waals surface area contributed by atoms with Gasteiger partial charge in [-0.1, -0.05) is 48.0 Å². The normalized spacial score (nSPS) is 14.6. The average molecular weight is 415 g/mol. The summed E-state index contributed by atoms with van der Waals surface area (Å²) in [4.78, 5) is 16.1. The molecule has 3 heterocycles. The lowest BCUT2D eigenvalue weighted by Crippen LogP contribution is -2.44. The Kier molecular flexibility index (Phi) is 6.77. The Morgan fingerprint density at radius 1 is 1.10 bits per heavy atom. The lowest BCUT2D eigenvalue weighted by atomic mass is 10.0. The SMILES string of the molecule is CCNC(=NCc1ccc(-n2ccnc2C)nc1)N1CCC(=Cc2ccccc2)CC1. The summed E-state index contributed by atoms with van der Waals surface area (Å²) >= 11 is 0. The van der Waals surface area contributed by atoms with Crippen molar-refractivity contribution in [2.24, 2.45) is 4.99 Å². The van der Waals surface area contributed by atoms with E-state index in [1.807, 2.05) is 30.0 Å². The molecule has 4 rings (SSSR count). The van der Waals surface area contributed by atoms with Crippen LogP contribution in [0.3, 0.4) is 0 Å². The quantitative estimate of drug-likeness (QED) is 0.502. The van der Waals surface area contributed by atoms with Crippen molar-refractivity contribution < 1.29 is 0 Å². The first-order chi connectivity index (χ1) is 15.2. The van der Waals surface area contributed by atoms with Crippen molar-refractivity contribution in [3.63, 3.8) is 0 Å². The zero-order valence-corrected chi connectivity index (χ0v) is 18.3. The lowest BCUT2D eigenvalue weighted by molar-refractivity contribution is 0.375. The number of likely N-dealkylation sites (tertiary alicyclic amines) is 1. The van der Waals surface area contributed by atoms with Crippen LogP contribution >= 0.6 is 0 Å². The summed E-state index contributed by atoms with van der Waals surface area (Å²) in [7, 11) is 0. The van der Waals surface area contributed by atoms with E-state index in [2.05, 4.69) is 69.6 Å². The van der Waals surface area contributed by atoms with Crippen LogP contribution in [-0.4, -0.2) is 45.0 Å². The van der Waals surface area contributed by atoms with Gasteiger partial charge in [0.1, 0.15) is 11.6 Å². The highest BCUT2D eigenvalue weighted by molar-refractivity contribution is 5.80. The first-order valence-corrected chi connectivity index (χ1v) is 11.0. The summed E-state index contributed by atoms with van der Waals surface area (Å²) in [6.45, 7) is 7.54. The van der Waals surface area contributed by atoms with Crippen molar-refractivity contribution in [3.05, 3.63) is 83.6 Å². The maximum atomic E-state index is 4.88. The standard InChI is InChI=1S/C25H30N6/c1-3-26-25(30-14-11-22(12-15-30)17-21-7-5-4-6-8-21)29-19-23-9-10-24(28-18-23)31-16-13-27-20(31)2/h4-10,13,16-18H,3,11-12,14-15,19H2,1-2H3,(H,26,29). The van der Waals surface area contributed by atoms with E-state index >= 15 is 0 Å². The number of aryl methyl sites for hydroxylation is 1. The fourth-order valence-corrected chi connectivity index (χ4v) is 3.80. The largest absolute Gasteiger partial charge is 0.357 e. The molecule has 0 unspecified atom stereocenters. The molecule has 1 N–H and O–H groups in total. The number of nitrogens with zero attached hydrogens (tertiary/aromatic N) is 5. The molecule has 1 aromatic carbocycles. The molecule has 2 aromatic heterocycles. The minimum atomic E-state index is 0.613. The Morgan fingerprint density at radius 3 is 2.55 bits per heavy atom. The molecule has 0 aliphatic carbocycles. The predicted octanol–water partition coefficient (Wildman–Crippen LogP) is 4.22. The number of guanidine groups is 1. The van der Waals surface area contributed by atoms with Gasteiger partial charge in [0.2, 0.25) is 0 Å². The van der Waals surface area contributed by atoms with E-state index < -0.39 is 0 Å². The van der Waals surface area contributed by atoms with E-state index in [9.17, 15) is 0 Å². The third kappa shape index (κ3) is 5.40. The molecule has 0 bridgehead atoms. The van der Waals surface area contributed by atoms with Crippen molar-refractivity contribution in [2.75, 3.05) is 19.6 Å². The van der Waals surface area contributed by atoms with Crippen molar-refractivity contribution in [1.29, 1.82) is 0 Å². The molecule has 0 amide bonds. The molecular weight excluding hydrogens is 384 g/mol. The molecule has 1 aliphatic heterocycles. The van der Waals surface area contributed by atoms with E-state index in [0.717, 1.165) is 55.6 Å². The molecule has 1 fully saturated rings. The number of aromatic nitrogens is 3. The molecular formula is C25H30N6. The van der Waals surface area contributed by atoms with Gasteiger partial charge in [-0.25, -0.2) is 15.0 Å². The molecule has 1 aliphatic rings. The number of hydrogen-bond acceptors (Lipinski definition) is 3. The second-order valence-electron chi connectivity index (χ2n) is 7.74.